The van der Waals surface area contributed by atoms with Crippen LogP contribution < -0.4 is 21.1 Å². The zero-order chi connectivity index (χ0) is 51.4. The number of benzene rings is 2. The molecule has 74 heavy (non-hydrogen) atoms. The standard InChI is InChI=1S/C57H67FN10O6/c1-36-29-41(31-45(58)52(36)40-12-20-65(21-13-40)37(2)49-33-43-46(9-17-60-53(43)62(49)4)67-22-14-42(59-3)32-51(67)70)55(72)66-18-10-38(11-19-66)34-63-23-25-64(26-24-63)35-39-5-6-47-44(30-39)57(15-27-74-28-16-57)56(73)68(47)48-7-8-50(69)61-54(48)71/h5-6,9,12,14,17,22,29-33,37-38,48,59H,7-8,10-11,13,15-16,18-21,23-28,34-35H2,1-4H3,(H,61,69,71)/t37-,48?/m0/s1. The maximum atomic E-state index is 16.2. The van der Waals surface area contributed by atoms with Crippen LogP contribution in [0.2, 0.25) is 0 Å². The number of hydrogen-bond donors (Lipinski definition) is 2. The summed E-state index contributed by atoms with van der Waals surface area (Å²) < 4.78 is 25.6. The van der Waals surface area contributed by atoms with Crippen LogP contribution >= 0.6 is 0 Å². The highest BCUT2D eigenvalue weighted by molar-refractivity contribution is 6.14. The summed E-state index contributed by atoms with van der Waals surface area (Å²) in [5, 5.41) is 6.36. The van der Waals surface area contributed by atoms with Gasteiger partial charge in [-0.2, -0.15) is 0 Å². The summed E-state index contributed by atoms with van der Waals surface area (Å²) in [6.45, 7) is 13.2. The van der Waals surface area contributed by atoms with E-state index in [1.54, 1.807) is 35.0 Å². The molecule has 0 bridgehead atoms. The van der Waals surface area contributed by atoms with E-state index in [1.807, 2.05) is 43.1 Å². The van der Waals surface area contributed by atoms with Gasteiger partial charge in [0.25, 0.3) is 11.5 Å². The molecule has 1 unspecified atom stereocenters. The number of nitrogens with one attached hydrogen (secondary N) is 2. The van der Waals surface area contributed by atoms with Crippen molar-refractivity contribution < 1.29 is 28.3 Å². The molecule has 4 amide bonds. The predicted molar refractivity (Wildman–Crippen MR) is 282 cm³/mol. The van der Waals surface area contributed by atoms with Gasteiger partial charge in [0.2, 0.25) is 17.7 Å². The Bertz CT molecular complexity index is 3100. The first kappa shape index (κ1) is 49.7. The number of carbonyl (C=O) groups is 4. The Morgan fingerprint density at radius 1 is 0.905 bits per heavy atom. The summed E-state index contributed by atoms with van der Waals surface area (Å²) in [7, 11) is 3.80. The van der Waals surface area contributed by atoms with Gasteiger partial charge >= 0.3 is 0 Å². The van der Waals surface area contributed by atoms with Gasteiger partial charge in [0, 0.05) is 157 Å². The van der Waals surface area contributed by atoms with Crippen LogP contribution in [-0.4, -0.2) is 143 Å². The van der Waals surface area contributed by atoms with Crippen molar-refractivity contribution in [1.29, 1.82) is 0 Å². The number of piperazine rings is 1. The minimum atomic E-state index is -0.722. The fourth-order valence-corrected chi connectivity index (χ4v) is 12.8. The lowest BCUT2D eigenvalue weighted by molar-refractivity contribution is -0.137. The molecule has 2 aromatic carbocycles. The number of amides is 4. The van der Waals surface area contributed by atoms with Crippen molar-refractivity contribution in [3.63, 3.8) is 0 Å². The molecule has 2 N–H and O–H groups in total. The average molecular weight is 1010 g/mol. The number of imide groups is 1. The van der Waals surface area contributed by atoms with Crippen LogP contribution in [0.4, 0.5) is 15.8 Å². The molecule has 9 heterocycles. The number of halogens is 1. The van der Waals surface area contributed by atoms with Crippen molar-refractivity contribution >= 4 is 51.6 Å². The number of nitrogens with zero attached hydrogens (tertiary/aromatic N) is 8. The summed E-state index contributed by atoms with van der Waals surface area (Å²) >= 11 is 0. The van der Waals surface area contributed by atoms with E-state index in [9.17, 15) is 24.0 Å². The zero-order valence-electron chi connectivity index (χ0n) is 43.0. The lowest BCUT2D eigenvalue weighted by Crippen LogP contribution is -2.56. The monoisotopic (exact) mass is 1010 g/mol. The Kier molecular flexibility index (Phi) is 13.6. The van der Waals surface area contributed by atoms with Crippen LogP contribution in [0.25, 0.3) is 22.3 Å². The summed E-state index contributed by atoms with van der Waals surface area (Å²) in [6, 6.07) is 16.3. The summed E-state index contributed by atoms with van der Waals surface area (Å²) in [5.41, 5.74) is 8.17. The average Bonchev–Trinajstić information content (AvgIpc) is 3.86. The molecule has 16 nitrogen and oxygen atoms in total. The topological polar surface area (TPSA) is 158 Å². The van der Waals surface area contributed by atoms with Gasteiger partial charge in [-0.05, 0) is 117 Å². The van der Waals surface area contributed by atoms with Gasteiger partial charge in [-0.3, -0.25) is 48.6 Å². The molecular weight excluding hydrogens is 940 g/mol. The second-order valence-electron chi connectivity index (χ2n) is 21.4. The highest BCUT2D eigenvalue weighted by Gasteiger charge is 2.54. The minimum absolute atomic E-state index is 0.0298. The molecule has 0 radical (unpaired) electrons. The fourth-order valence-electron chi connectivity index (χ4n) is 12.8. The molecule has 5 aromatic rings. The molecule has 4 fully saturated rings. The van der Waals surface area contributed by atoms with E-state index >= 15 is 4.39 Å². The molecule has 388 valence electrons. The van der Waals surface area contributed by atoms with E-state index in [-0.39, 0.29) is 41.6 Å². The Labute approximate surface area is 431 Å². The van der Waals surface area contributed by atoms with E-state index in [2.05, 4.69) is 66.1 Å². The molecule has 6 aliphatic rings. The maximum Gasteiger partial charge on any atom is 0.257 e. The van der Waals surface area contributed by atoms with Gasteiger partial charge in [-0.25, -0.2) is 9.37 Å². The molecule has 1 spiro atoms. The Morgan fingerprint density at radius 3 is 2.38 bits per heavy atom. The summed E-state index contributed by atoms with van der Waals surface area (Å²) in [4.78, 5) is 81.7. The van der Waals surface area contributed by atoms with Crippen LogP contribution in [0.1, 0.15) is 96.2 Å². The van der Waals surface area contributed by atoms with Gasteiger partial charge in [0.05, 0.1) is 11.1 Å². The number of rotatable bonds is 11. The number of fused-ring (bicyclic) bond motifs is 3. The van der Waals surface area contributed by atoms with E-state index in [0.717, 1.165) is 115 Å². The van der Waals surface area contributed by atoms with Crippen molar-refractivity contribution in [1.82, 2.24) is 39.0 Å². The van der Waals surface area contributed by atoms with Gasteiger partial charge in [-0.1, -0.05) is 18.2 Å². The van der Waals surface area contributed by atoms with Gasteiger partial charge in [0.1, 0.15) is 17.5 Å². The number of pyridine rings is 2. The van der Waals surface area contributed by atoms with Crippen molar-refractivity contribution in [3.8, 4) is 5.69 Å². The highest BCUT2D eigenvalue weighted by Crippen LogP contribution is 2.49. The number of ether oxygens (including phenoxy) is 1. The third-order valence-electron chi connectivity index (χ3n) is 17.1. The predicted octanol–water partition coefficient (Wildman–Crippen LogP) is 5.93. The number of hydrogen-bond acceptors (Lipinski definition) is 11. The van der Waals surface area contributed by atoms with E-state index < -0.39 is 17.4 Å². The second-order valence-corrected chi connectivity index (χ2v) is 21.4. The third-order valence-corrected chi connectivity index (χ3v) is 17.1. The minimum Gasteiger partial charge on any atom is -0.388 e. The van der Waals surface area contributed by atoms with Crippen LogP contribution in [0.3, 0.4) is 0 Å². The molecule has 3 aromatic heterocycles. The number of aryl methyl sites for hydroxylation is 2. The van der Waals surface area contributed by atoms with Crippen molar-refractivity contribution in [2.45, 2.75) is 82.8 Å². The maximum absolute atomic E-state index is 16.2. The molecule has 6 aliphatic heterocycles. The van der Waals surface area contributed by atoms with Gasteiger partial charge in [0.15, 0.2) is 0 Å². The van der Waals surface area contributed by atoms with Gasteiger partial charge < -0.3 is 24.4 Å². The van der Waals surface area contributed by atoms with Crippen molar-refractivity contribution in [2.24, 2.45) is 13.0 Å². The summed E-state index contributed by atoms with van der Waals surface area (Å²) in [5.74, 6) is -0.751. The number of likely N-dealkylation sites (tertiary alicyclic amines) is 1. The Hall–Kier alpha value is -6.53. The third kappa shape index (κ3) is 9.15. The molecule has 11 rings (SSSR count). The summed E-state index contributed by atoms with van der Waals surface area (Å²) in [6.07, 6.45) is 9.79. The number of anilines is 2. The highest BCUT2D eigenvalue weighted by atomic mass is 19.1. The lowest BCUT2D eigenvalue weighted by Gasteiger charge is -2.39. The van der Waals surface area contributed by atoms with Crippen LogP contribution in [0, 0.1) is 18.7 Å². The smallest absolute Gasteiger partial charge is 0.257 e. The van der Waals surface area contributed by atoms with E-state index in [0.29, 0.717) is 75.6 Å². The lowest BCUT2D eigenvalue weighted by atomic mass is 9.75. The molecule has 2 atom stereocenters. The fraction of sp³-hybridized carbons (Fsp3) is 0.474. The zero-order valence-corrected chi connectivity index (χ0v) is 43.0. The Morgan fingerprint density at radius 2 is 1.68 bits per heavy atom. The Balaban J connectivity index is 0.669. The first-order valence-corrected chi connectivity index (χ1v) is 26.5. The SMILES string of the molecule is CNc1ccn(-c2ccnc3c2cc([C@H](C)N2CC=C(c4c(C)cc(C(=O)N5CCC(CN6CCN(Cc7ccc8c(c7)C7(CCOCC7)C(=O)N8C7CCC(=O)NC7=O)CC6)CC5)cc4F)CC2)n3C)c(=O)c1. The van der Waals surface area contributed by atoms with Crippen molar-refractivity contribution in [2.75, 3.05) is 89.4 Å². The van der Waals surface area contributed by atoms with Crippen LogP contribution in [-0.2, 0) is 38.1 Å². The van der Waals surface area contributed by atoms with Crippen molar-refractivity contribution in [3.05, 3.63) is 123 Å². The molecule has 4 saturated heterocycles. The van der Waals surface area contributed by atoms with E-state index in [1.165, 1.54) is 6.07 Å². The number of aromatic nitrogens is 3. The normalized spacial score (nSPS) is 21.6. The second kappa shape index (κ2) is 20.3. The molecule has 17 heteroatoms. The molecule has 0 saturated carbocycles. The largest absolute Gasteiger partial charge is 0.388 e. The van der Waals surface area contributed by atoms with Crippen LogP contribution in [0.5, 0.6) is 0 Å². The molecular formula is C57H67FN10O6. The van der Waals surface area contributed by atoms with Gasteiger partial charge in [-0.15, -0.1) is 0 Å². The first-order chi connectivity index (χ1) is 35.8. The number of carbonyl (C=O) groups excluding carboxylic acids is 4. The molecule has 0 aliphatic carbocycles. The van der Waals surface area contributed by atoms with Crippen LogP contribution in [0.15, 0.2) is 77.9 Å². The van der Waals surface area contributed by atoms with E-state index in [4.69, 9.17) is 4.74 Å². The number of piperidine rings is 2. The first-order valence-electron chi connectivity index (χ1n) is 26.5. The quantitative estimate of drug-likeness (QED) is 0.151.